The number of benzene rings is 1. The highest BCUT2D eigenvalue weighted by Crippen LogP contribution is 2.12. The van der Waals surface area contributed by atoms with Crippen molar-refractivity contribution in [2.45, 2.75) is 26.8 Å². The smallest absolute Gasteiger partial charge is 0.191 e. The van der Waals surface area contributed by atoms with Crippen LogP contribution in [0.1, 0.15) is 25.8 Å². The van der Waals surface area contributed by atoms with Gasteiger partial charge in [0.15, 0.2) is 11.8 Å². The number of nitrogens with one attached hydrogen (secondary N) is 2. The summed E-state index contributed by atoms with van der Waals surface area (Å²) in [7, 11) is 0. The molecule has 3 rings (SSSR count). The predicted octanol–water partition coefficient (Wildman–Crippen LogP) is 3.86. The minimum Gasteiger partial charge on any atom is -0.372 e. The summed E-state index contributed by atoms with van der Waals surface area (Å²) in [5.74, 6) is 1.63. The Labute approximate surface area is 202 Å². The number of aromatic nitrogens is 3. The second-order valence-corrected chi connectivity index (χ2v) is 6.86. The molecule has 0 atom stereocenters. The highest BCUT2D eigenvalue weighted by molar-refractivity contribution is 14.0. The van der Waals surface area contributed by atoms with Gasteiger partial charge in [0.05, 0.1) is 6.54 Å². The van der Waals surface area contributed by atoms with Crippen molar-refractivity contribution in [1.82, 2.24) is 25.4 Å². The summed E-state index contributed by atoms with van der Waals surface area (Å²) in [4.78, 5) is 11.5. The van der Waals surface area contributed by atoms with Crippen molar-refractivity contribution < 1.29 is 0 Å². The average molecular weight is 533 g/mol. The van der Waals surface area contributed by atoms with E-state index in [9.17, 15) is 0 Å². The minimum atomic E-state index is 0. The van der Waals surface area contributed by atoms with Crippen LogP contribution in [0.3, 0.4) is 0 Å². The maximum atomic E-state index is 4.72. The fourth-order valence-corrected chi connectivity index (χ4v) is 3.19. The number of nitrogens with zero attached hydrogens (tertiary/aromatic N) is 5. The molecule has 0 unspecified atom stereocenters. The molecular formula is C23H32IN7. The zero-order valence-corrected chi connectivity index (χ0v) is 20.6. The molecule has 0 aliphatic rings. The maximum Gasteiger partial charge on any atom is 0.191 e. The molecule has 0 aliphatic heterocycles. The predicted molar refractivity (Wildman–Crippen MR) is 139 cm³/mol. The van der Waals surface area contributed by atoms with Crippen LogP contribution in [-0.2, 0) is 6.54 Å². The summed E-state index contributed by atoms with van der Waals surface area (Å²) in [6.45, 7) is 8.54. The van der Waals surface area contributed by atoms with E-state index in [0.29, 0.717) is 6.54 Å². The van der Waals surface area contributed by atoms with Crippen molar-refractivity contribution in [3.63, 3.8) is 0 Å². The molecule has 166 valence electrons. The van der Waals surface area contributed by atoms with Crippen LogP contribution in [0, 0.1) is 0 Å². The molecule has 2 aromatic heterocycles. The van der Waals surface area contributed by atoms with Gasteiger partial charge in [0.1, 0.15) is 0 Å². The summed E-state index contributed by atoms with van der Waals surface area (Å²) >= 11 is 0. The maximum absolute atomic E-state index is 4.72. The molecule has 0 saturated carbocycles. The van der Waals surface area contributed by atoms with Crippen LogP contribution in [0.4, 0.5) is 5.69 Å². The van der Waals surface area contributed by atoms with Crippen LogP contribution in [-0.4, -0.2) is 46.9 Å². The van der Waals surface area contributed by atoms with E-state index < -0.39 is 0 Å². The molecule has 7 nitrogen and oxygen atoms in total. The first-order chi connectivity index (χ1) is 14.8. The third-order valence-corrected chi connectivity index (χ3v) is 4.71. The standard InChI is InChI=1S/C23H31N7.HI/c1-3-24-23(26-13-8-16-29(4-2)21-10-6-5-7-11-21)27-19-20-12-15-25-22(18-20)30-17-9-14-28-30;/h5-7,9-12,14-15,17-18H,3-4,8,13,16,19H2,1-2H3,(H2,24,26,27);1H. The van der Waals surface area contributed by atoms with Crippen LogP contribution in [0.15, 0.2) is 72.1 Å². The normalized spacial score (nSPS) is 11.0. The Balaban J connectivity index is 0.00000341. The van der Waals surface area contributed by atoms with E-state index in [2.05, 4.69) is 69.8 Å². The molecule has 1 aromatic carbocycles. The van der Waals surface area contributed by atoms with Crippen molar-refractivity contribution in [1.29, 1.82) is 0 Å². The van der Waals surface area contributed by atoms with Crippen LogP contribution >= 0.6 is 24.0 Å². The summed E-state index contributed by atoms with van der Waals surface area (Å²) in [6.07, 6.45) is 6.46. The highest BCUT2D eigenvalue weighted by Gasteiger charge is 2.04. The van der Waals surface area contributed by atoms with Crippen LogP contribution in [0.2, 0.25) is 0 Å². The van der Waals surface area contributed by atoms with Crippen molar-refractivity contribution in [3.05, 3.63) is 72.7 Å². The van der Waals surface area contributed by atoms with Crippen molar-refractivity contribution in [2.75, 3.05) is 31.1 Å². The quantitative estimate of drug-likeness (QED) is 0.179. The molecule has 0 spiro atoms. The van der Waals surface area contributed by atoms with Gasteiger partial charge in [-0.05, 0) is 56.2 Å². The summed E-state index contributed by atoms with van der Waals surface area (Å²) in [5, 5.41) is 11.0. The van der Waals surface area contributed by atoms with E-state index in [1.807, 2.05) is 24.4 Å². The van der Waals surface area contributed by atoms with Gasteiger partial charge in [0.2, 0.25) is 0 Å². The van der Waals surface area contributed by atoms with Gasteiger partial charge in [-0.1, -0.05) is 18.2 Å². The highest BCUT2D eigenvalue weighted by atomic mass is 127. The van der Waals surface area contributed by atoms with Gasteiger partial charge in [0.25, 0.3) is 0 Å². The first kappa shape index (κ1) is 24.6. The number of hydrogen-bond donors (Lipinski definition) is 2. The third kappa shape index (κ3) is 7.86. The molecule has 3 aromatic rings. The molecule has 2 heterocycles. The number of pyridine rings is 1. The lowest BCUT2D eigenvalue weighted by Crippen LogP contribution is -2.38. The number of aliphatic imine (C=N–C) groups is 1. The Bertz CT molecular complexity index is 897. The summed E-state index contributed by atoms with van der Waals surface area (Å²) < 4.78 is 1.75. The second-order valence-electron chi connectivity index (χ2n) is 6.86. The zero-order valence-electron chi connectivity index (χ0n) is 18.2. The number of rotatable bonds is 10. The van der Waals surface area contributed by atoms with Gasteiger partial charge in [-0.15, -0.1) is 24.0 Å². The summed E-state index contributed by atoms with van der Waals surface area (Å²) in [6, 6.07) is 16.4. The van der Waals surface area contributed by atoms with Crippen LogP contribution < -0.4 is 15.5 Å². The second kappa shape index (κ2) is 13.6. The topological polar surface area (TPSA) is 70.4 Å². The lowest BCUT2D eigenvalue weighted by Gasteiger charge is -2.23. The molecular weight excluding hydrogens is 501 g/mol. The Hall–Kier alpha value is -2.62. The molecule has 0 saturated heterocycles. The Morgan fingerprint density at radius 2 is 1.90 bits per heavy atom. The third-order valence-electron chi connectivity index (χ3n) is 4.71. The lowest BCUT2D eigenvalue weighted by atomic mass is 10.2. The number of guanidine groups is 1. The largest absolute Gasteiger partial charge is 0.372 e. The van der Waals surface area contributed by atoms with E-state index in [0.717, 1.165) is 49.9 Å². The van der Waals surface area contributed by atoms with E-state index in [-0.39, 0.29) is 24.0 Å². The van der Waals surface area contributed by atoms with E-state index in [1.54, 1.807) is 17.1 Å². The fraction of sp³-hybridized carbons (Fsp3) is 0.348. The SMILES string of the molecule is CCNC(=NCc1ccnc(-n2cccn2)c1)NCCCN(CC)c1ccccc1.I. The van der Waals surface area contributed by atoms with E-state index in [1.165, 1.54) is 5.69 Å². The Kier molecular flexibility index (Phi) is 10.8. The molecule has 2 N–H and O–H groups in total. The molecule has 8 heteroatoms. The number of halogens is 1. The van der Waals surface area contributed by atoms with Gasteiger partial charge in [-0.3, -0.25) is 0 Å². The van der Waals surface area contributed by atoms with Crippen LogP contribution in [0.25, 0.3) is 5.82 Å². The van der Waals surface area contributed by atoms with Crippen molar-refractivity contribution in [2.24, 2.45) is 4.99 Å². The monoisotopic (exact) mass is 533 g/mol. The summed E-state index contributed by atoms with van der Waals surface area (Å²) in [5.41, 5.74) is 2.36. The van der Waals surface area contributed by atoms with Gasteiger partial charge < -0.3 is 15.5 Å². The number of hydrogen-bond acceptors (Lipinski definition) is 4. The number of anilines is 1. The first-order valence-electron chi connectivity index (χ1n) is 10.6. The van der Waals surface area contributed by atoms with Crippen molar-refractivity contribution in [3.8, 4) is 5.82 Å². The lowest BCUT2D eigenvalue weighted by molar-refractivity contribution is 0.709. The molecule has 31 heavy (non-hydrogen) atoms. The zero-order chi connectivity index (χ0) is 21.0. The molecule has 0 amide bonds. The van der Waals surface area contributed by atoms with Gasteiger partial charge in [-0.2, -0.15) is 5.10 Å². The Morgan fingerprint density at radius 1 is 1.06 bits per heavy atom. The Morgan fingerprint density at radius 3 is 2.61 bits per heavy atom. The average Bonchev–Trinajstić information content (AvgIpc) is 3.33. The molecule has 0 aliphatic carbocycles. The van der Waals surface area contributed by atoms with Crippen LogP contribution in [0.5, 0.6) is 0 Å². The van der Waals surface area contributed by atoms with Crippen molar-refractivity contribution >= 4 is 35.6 Å². The van der Waals surface area contributed by atoms with Gasteiger partial charge in [-0.25, -0.2) is 14.7 Å². The molecule has 0 bridgehead atoms. The fourth-order valence-electron chi connectivity index (χ4n) is 3.19. The minimum absolute atomic E-state index is 0. The first-order valence-corrected chi connectivity index (χ1v) is 10.6. The number of para-hydroxylation sites is 1. The molecule has 0 radical (unpaired) electrons. The van der Waals surface area contributed by atoms with E-state index in [4.69, 9.17) is 4.99 Å². The van der Waals surface area contributed by atoms with Gasteiger partial charge in [0, 0.05) is 50.5 Å². The van der Waals surface area contributed by atoms with E-state index >= 15 is 0 Å². The van der Waals surface area contributed by atoms with Gasteiger partial charge >= 0.3 is 0 Å². The molecule has 0 fully saturated rings.